The maximum absolute atomic E-state index is 12.5. The molecule has 0 spiro atoms. The molecule has 4 rings (SSSR count). The summed E-state index contributed by atoms with van der Waals surface area (Å²) in [6, 6.07) is 9.63. The second kappa shape index (κ2) is 7.19. The van der Waals surface area contributed by atoms with Gasteiger partial charge in [0.25, 0.3) is 5.56 Å². The number of H-pyrrole nitrogens is 1. The van der Waals surface area contributed by atoms with E-state index < -0.39 is 0 Å². The first-order valence-corrected chi connectivity index (χ1v) is 9.14. The van der Waals surface area contributed by atoms with Crippen LogP contribution in [-0.2, 0) is 19.5 Å². The Bertz CT molecular complexity index is 843. The highest BCUT2D eigenvalue weighted by Gasteiger charge is 2.25. The van der Waals surface area contributed by atoms with Gasteiger partial charge in [-0.3, -0.25) is 9.78 Å². The number of fused-ring (bicyclic) bond motifs is 1. The number of aromatic amines is 1. The van der Waals surface area contributed by atoms with Gasteiger partial charge >= 0.3 is 6.03 Å². The third-order valence-electron chi connectivity index (χ3n) is 5.04. The maximum Gasteiger partial charge on any atom is 0.317 e. The van der Waals surface area contributed by atoms with Crippen molar-refractivity contribution in [1.29, 1.82) is 0 Å². The van der Waals surface area contributed by atoms with Crippen LogP contribution in [0.4, 0.5) is 10.7 Å². The summed E-state index contributed by atoms with van der Waals surface area (Å²) in [6.45, 7) is 3.24. The lowest BCUT2D eigenvalue weighted by Crippen LogP contribution is -2.44. The van der Waals surface area contributed by atoms with Crippen molar-refractivity contribution >= 4 is 12.0 Å². The van der Waals surface area contributed by atoms with Gasteiger partial charge in [0.1, 0.15) is 0 Å². The normalized spacial score (nSPS) is 16.5. The molecule has 1 fully saturated rings. The number of amides is 2. The zero-order valence-electron chi connectivity index (χ0n) is 14.7. The Hall–Kier alpha value is -2.83. The Morgan fingerprint density at radius 3 is 2.69 bits per heavy atom. The molecule has 1 aromatic carbocycles. The van der Waals surface area contributed by atoms with E-state index in [0.717, 1.165) is 37.2 Å². The lowest BCUT2D eigenvalue weighted by Gasteiger charge is -2.28. The van der Waals surface area contributed by atoms with E-state index in [1.165, 1.54) is 0 Å². The fourth-order valence-corrected chi connectivity index (χ4v) is 3.55. The van der Waals surface area contributed by atoms with E-state index in [9.17, 15) is 9.59 Å². The first-order valence-electron chi connectivity index (χ1n) is 9.14. The molecule has 1 aromatic heterocycles. The Balaban J connectivity index is 1.44. The standard InChI is InChI=1S/C19H23N5O2/c25-17-15-13-24(19(26)20-12-14-6-2-1-3-7-14)11-8-16(15)21-18(22-17)23-9-4-5-10-23/h1-3,6-7H,4-5,8-13H2,(H,20,26)(H,21,22,25). The van der Waals surface area contributed by atoms with Gasteiger partial charge in [0, 0.05) is 32.6 Å². The van der Waals surface area contributed by atoms with Crippen molar-refractivity contribution in [3.05, 3.63) is 57.5 Å². The SMILES string of the molecule is O=C(NCc1ccccc1)N1CCc2nc(N3CCCC3)[nH]c(=O)c2C1. The Morgan fingerprint density at radius 2 is 1.92 bits per heavy atom. The van der Waals surface area contributed by atoms with Gasteiger partial charge < -0.3 is 15.1 Å². The summed E-state index contributed by atoms with van der Waals surface area (Å²) in [7, 11) is 0. The third kappa shape index (κ3) is 3.42. The van der Waals surface area contributed by atoms with E-state index in [4.69, 9.17) is 0 Å². The number of carbonyl (C=O) groups is 1. The van der Waals surface area contributed by atoms with E-state index >= 15 is 0 Å². The van der Waals surface area contributed by atoms with Gasteiger partial charge in [-0.25, -0.2) is 9.78 Å². The van der Waals surface area contributed by atoms with E-state index in [-0.39, 0.29) is 11.6 Å². The largest absolute Gasteiger partial charge is 0.342 e. The highest BCUT2D eigenvalue weighted by atomic mass is 16.2. The number of nitrogens with one attached hydrogen (secondary N) is 2. The molecule has 0 atom stereocenters. The van der Waals surface area contributed by atoms with E-state index in [0.29, 0.717) is 37.6 Å². The number of aromatic nitrogens is 2. The summed E-state index contributed by atoms with van der Waals surface area (Å²) >= 11 is 0. The molecule has 26 heavy (non-hydrogen) atoms. The molecule has 2 aliphatic rings. The summed E-state index contributed by atoms with van der Waals surface area (Å²) in [5, 5.41) is 2.92. The van der Waals surface area contributed by atoms with E-state index in [2.05, 4.69) is 20.2 Å². The Kier molecular flexibility index (Phi) is 4.60. The van der Waals surface area contributed by atoms with Gasteiger partial charge in [-0.2, -0.15) is 0 Å². The van der Waals surface area contributed by atoms with E-state index in [1.54, 1.807) is 4.90 Å². The van der Waals surface area contributed by atoms with Gasteiger partial charge in [0.05, 0.1) is 17.8 Å². The fourth-order valence-electron chi connectivity index (χ4n) is 3.55. The van der Waals surface area contributed by atoms with Crippen molar-refractivity contribution in [3.8, 4) is 0 Å². The summed E-state index contributed by atoms with van der Waals surface area (Å²) in [5.41, 5.74) is 2.35. The number of nitrogens with zero attached hydrogens (tertiary/aromatic N) is 3. The lowest BCUT2D eigenvalue weighted by atomic mass is 10.1. The molecule has 7 heteroatoms. The smallest absolute Gasteiger partial charge is 0.317 e. The maximum atomic E-state index is 12.5. The van der Waals surface area contributed by atoms with Gasteiger partial charge in [-0.1, -0.05) is 30.3 Å². The minimum atomic E-state index is -0.150. The minimum absolute atomic E-state index is 0.127. The van der Waals surface area contributed by atoms with Gasteiger partial charge in [-0.15, -0.1) is 0 Å². The molecule has 1 saturated heterocycles. The molecule has 0 bridgehead atoms. The van der Waals surface area contributed by atoms with Crippen LogP contribution in [0, 0.1) is 0 Å². The topological polar surface area (TPSA) is 81.3 Å². The second-order valence-electron chi connectivity index (χ2n) is 6.82. The number of benzene rings is 1. The minimum Gasteiger partial charge on any atom is -0.342 e. The molecule has 2 N–H and O–H groups in total. The monoisotopic (exact) mass is 353 g/mol. The van der Waals surface area contributed by atoms with Crippen LogP contribution in [0.25, 0.3) is 0 Å². The average Bonchev–Trinajstić information content (AvgIpc) is 3.21. The summed E-state index contributed by atoms with van der Waals surface area (Å²) < 4.78 is 0. The van der Waals surface area contributed by atoms with Gasteiger partial charge in [0.15, 0.2) is 0 Å². The predicted octanol–water partition coefficient (Wildman–Crippen LogP) is 1.64. The van der Waals surface area contributed by atoms with Crippen LogP contribution >= 0.6 is 0 Å². The summed E-state index contributed by atoms with van der Waals surface area (Å²) in [4.78, 5) is 36.3. The zero-order chi connectivity index (χ0) is 17.9. The van der Waals surface area contributed by atoms with Crippen molar-refractivity contribution in [2.45, 2.75) is 32.4 Å². The van der Waals surface area contributed by atoms with E-state index in [1.807, 2.05) is 30.3 Å². The van der Waals surface area contributed by atoms with Crippen molar-refractivity contribution < 1.29 is 4.79 Å². The number of carbonyl (C=O) groups excluding carboxylic acids is 1. The zero-order valence-corrected chi connectivity index (χ0v) is 14.7. The quantitative estimate of drug-likeness (QED) is 0.879. The molecule has 2 amide bonds. The van der Waals surface area contributed by atoms with Crippen molar-refractivity contribution in [3.63, 3.8) is 0 Å². The number of hydrogen-bond acceptors (Lipinski definition) is 4. The van der Waals surface area contributed by atoms with Crippen LogP contribution in [0.15, 0.2) is 35.1 Å². The van der Waals surface area contributed by atoms with Crippen molar-refractivity contribution in [2.75, 3.05) is 24.5 Å². The first kappa shape index (κ1) is 16.6. The molecule has 0 radical (unpaired) electrons. The molecule has 136 valence electrons. The van der Waals surface area contributed by atoms with Crippen LogP contribution in [0.1, 0.15) is 29.7 Å². The van der Waals surface area contributed by atoms with Gasteiger partial charge in [-0.05, 0) is 18.4 Å². The molecule has 0 unspecified atom stereocenters. The number of hydrogen-bond donors (Lipinski definition) is 2. The lowest BCUT2D eigenvalue weighted by molar-refractivity contribution is 0.191. The molecular weight excluding hydrogens is 330 g/mol. The molecule has 2 aliphatic heterocycles. The Morgan fingerprint density at radius 1 is 1.15 bits per heavy atom. The summed E-state index contributed by atoms with van der Waals surface area (Å²) in [5.74, 6) is 0.674. The molecule has 0 saturated carbocycles. The molecular formula is C19H23N5O2. The van der Waals surface area contributed by atoms with Crippen LogP contribution in [0.5, 0.6) is 0 Å². The Labute approximate surface area is 152 Å². The fraction of sp³-hybridized carbons (Fsp3) is 0.421. The molecule has 7 nitrogen and oxygen atoms in total. The average molecular weight is 353 g/mol. The van der Waals surface area contributed by atoms with Crippen LogP contribution in [0.3, 0.4) is 0 Å². The van der Waals surface area contributed by atoms with Crippen LogP contribution < -0.4 is 15.8 Å². The number of anilines is 1. The number of rotatable bonds is 3. The highest BCUT2D eigenvalue weighted by molar-refractivity contribution is 5.74. The third-order valence-corrected chi connectivity index (χ3v) is 5.04. The number of urea groups is 1. The first-order chi connectivity index (χ1) is 12.7. The molecule has 3 heterocycles. The van der Waals surface area contributed by atoms with Crippen LogP contribution in [-0.4, -0.2) is 40.5 Å². The second-order valence-corrected chi connectivity index (χ2v) is 6.82. The highest BCUT2D eigenvalue weighted by Crippen LogP contribution is 2.19. The molecule has 2 aromatic rings. The van der Waals surface area contributed by atoms with Crippen molar-refractivity contribution in [1.82, 2.24) is 20.2 Å². The predicted molar refractivity (Wildman–Crippen MR) is 99.1 cm³/mol. The van der Waals surface area contributed by atoms with Gasteiger partial charge in [0.2, 0.25) is 5.95 Å². The molecule has 0 aliphatic carbocycles. The van der Waals surface area contributed by atoms with Crippen LogP contribution in [0.2, 0.25) is 0 Å². The summed E-state index contributed by atoms with van der Waals surface area (Å²) in [6.07, 6.45) is 2.88. The van der Waals surface area contributed by atoms with Crippen molar-refractivity contribution in [2.24, 2.45) is 0 Å².